The molecule has 0 aromatic carbocycles. The van der Waals surface area contributed by atoms with Gasteiger partial charge in [0.2, 0.25) is 0 Å². The van der Waals surface area contributed by atoms with Gasteiger partial charge in [-0.15, -0.1) is 0 Å². The Hall–Kier alpha value is -4.97. The smallest absolute Gasteiger partial charge is 0.306 e. The van der Waals surface area contributed by atoms with E-state index in [0.29, 0.717) is 19.3 Å². The fraction of sp³-hybridized carbons (Fsp3) is 0.608. The first-order chi connectivity index (χ1) is 39.5. The standard InChI is InChI=1S/C74H118O6/c1-4-7-10-13-16-19-22-25-28-30-31-32-33-34-35-36-37-38-39-40-41-42-43-44-47-49-52-55-58-61-64-67-73(76)79-70-71(69-78-72(75)66-63-60-57-54-51-48-45-27-24-21-18-15-12-9-6-3)80-74(77)68-65-62-59-56-53-50-46-29-26-23-20-17-14-11-8-5-2/h7,9-10,12,16,18-21,23,25,27-29,31-32,34-35,37-38,40-41,43-46,71H,4-6,8,11,13-15,17,22,24,26,30,33,36,39,42,47-70H2,1-3H3/b10-7-,12-9-,19-16-,21-18-,23-20-,28-25-,32-31-,35-34-,38-37-,41-40-,44-43-,45-27-,46-29-. The molecule has 0 spiro atoms. The molecule has 1 unspecified atom stereocenters. The molecule has 0 aliphatic heterocycles. The van der Waals surface area contributed by atoms with E-state index >= 15 is 0 Å². The first-order valence-electron chi connectivity index (χ1n) is 32.5. The van der Waals surface area contributed by atoms with E-state index in [4.69, 9.17) is 14.2 Å². The van der Waals surface area contributed by atoms with E-state index in [2.05, 4.69) is 179 Å². The minimum atomic E-state index is -0.807. The molecule has 0 aromatic heterocycles. The summed E-state index contributed by atoms with van der Waals surface area (Å²) >= 11 is 0. The fourth-order valence-electron chi connectivity index (χ4n) is 8.44. The molecule has 0 aliphatic carbocycles. The van der Waals surface area contributed by atoms with Gasteiger partial charge in [-0.2, -0.15) is 0 Å². The van der Waals surface area contributed by atoms with Crippen molar-refractivity contribution in [3.8, 4) is 0 Å². The number of allylic oxidation sites excluding steroid dienone is 26. The average Bonchev–Trinajstić information content (AvgIpc) is 3.46. The molecule has 450 valence electrons. The number of hydrogen-bond donors (Lipinski definition) is 0. The third kappa shape index (κ3) is 63.9. The van der Waals surface area contributed by atoms with Crippen LogP contribution in [-0.4, -0.2) is 37.2 Å². The zero-order chi connectivity index (χ0) is 57.8. The summed E-state index contributed by atoms with van der Waals surface area (Å²) in [5.74, 6) is -0.949. The number of hydrogen-bond acceptors (Lipinski definition) is 6. The minimum absolute atomic E-state index is 0.103. The number of ether oxygens (including phenoxy) is 3. The summed E-state index contributed by atoms with van der Waals surface area (Å²) in [5.41, 5.74) is 0. The van der Waals surface area contributed by atoms with Crippen LogP contribution in [-0.2, 0) is 28.6 Å². The van der Waals surface area contributed by atoms with Crippen molar-refractivity contribution in [1.29, 1.82) is 0 Å². The van der Waals surface area contributed by atoms with Gasteiger partial charge in [0.1, 0.15) is 13.2 Å². The number of esters is 3. The highest BCUT2D eigenvalue weighted by molar-refractivity contribution is 5.71. The monoisotopic (exact) mass is 1100 g/mol. The topological polar surface area (TPSA) is 78.9 Å². The molecule has 0 fully saturated rings. The Bertz CT molecular complexity index is 1790. The summed E-state index contributed by atoms with van der Waals surface area (Å²) in [6.45, 7) is 6.36. The number of carbonyl (C=O) groups excluding carboxylic acids is 3. The lowest BCUT2D eigenvalue weighted by Gasteiger charge is -2.18. The van der Waals surface area contributed by atoms with Crippen LogP contribution in [0.25, 0.3) is 0 Å². The molecule has 1 atom stereocenters. The molecule has 0 heterocycles. The maximum absolute atomic E-state index is 12.9. The number of unbranched alkanes of at least 4 members (excludes halogenated alkanes) is 20. The summed E-state index contributed by atoms with van der Waals surface area (Å²) in [6, 6.07) is 0. The van der Waals surface area contributed by atoms with Gasteiger partial charge < -0.3 is 14.2 Å². The van der Waals surface area contributed by atoms with E-state index in [-0.39, 0.29) is 31.1 Å². The second kappa shape index (κ2) is 66.5. The highest BCUT2D eigenvalue weighted by Crippen LogP contribution is 2.14. The maximum atomic E-state index is 12.9. The van der Waals surface area contributed by atoms with Gasteiger partial charge in [0.15, 0.2) is 6.10 Å². The third-order valence-corrected chi connectivity index (χ3v) is 13.2. The highest BCUT2D eigenvalue weighted by Gasteiger charge is 2.19. The molecule has 0 aromatic rings. The van der Waals surface area contributed by atoms with Gasteiger partial charge in [-0.25, -0.2) is 0 Å². The molecule has 6 nitrogen and oxygen atoms in total. The lowest BCUT2D eigenvalue weighted by Crippen LogP contribution is -2.30. The summed E-state index contributed by atoms with van der Waals surface area (Å²) in [4.78, 5) is 38.3. The Morgan fingerprint density at radius 1 is 0.263 bits per heavy atom. The van der Waals surface area contributed by atoms with Crippen LogP contribution in [0.3, 0.4) is 0 Å². The summed E-state index contributed by atoms with van der Waals surface area (Å²) in [7, 11) is 0. The van der Waals surface area contributed by atoms with E-state index in [1.165, 1.54) is 44.9 Å². The van der Waals surface area contributed by atoms with E-state index in [1.54, 1.807) is 0 Å². The van der Waals surface area contributed by atoms with E-state index in [1.807, 2.05) is 0 Å². The van der Waals surface area contributed by atoms with Crippen molar-refractivity contribution in [2.45, 2.75) is 277 Å². The molecule has 0 bridgehead atoms. The van der Waals surface area contributed by atoms with E-state index < -0.39 is 6.10 Å². The first-order valence-corrected chi connectivity index (χ1v) is 32.5. The molecule has 0 amide bonds. The highest BCUT2D eigenvalue weighted by atomic mass is 16.6. The largest absolute Gasteiger partial charge is 0.462 e. The molecule has 0 aliphatic rings. The maximum Gasteiger partial charge on any atom is 0.306 e. The van der Waals surface area contributed by atoms with Crippen LogP contribution >= 0.6 is 0 Å². The second-order valence-corrected chi connectivity index (χ2v) is 20.9. The van der Waals surface area contributed by atoms with Gasteiger partial charge in [-0.3, -0.25) is 14.4 Å². The lowest BCUT2D eigenvalue weighted by atomic mass is 10.1. The molecule has 0 radical (unpaired) electrons. The molecule has 0 rings (SSSR count). The van der Waals surface area contributed by atoms with Gasteiger partial charge in [0, 0.05) is 19.3 Å². The molecular weight excluding hydrogens is 985 g/mol. The van der Waals surface area contributed by atoms with Gasteiger partial charge in [0.25, 0.3) is 0 Å². The molecule has 80 heavy (non-hydrogen) atoms. The zero-order valence-corrected chi connectivity index (χ0v) is 51.5. The zero-order valence-electron chi connectivity index (χ0n) is 51.5. The predicted molar refractivity (Wildman–Crippen MR) is 348 cm³/mol. The number of carbonyl (C=O) groups is 3. The van der Waals surface area contributed by atoms with Crippen LogP contribution in [0, 0.1) is 0 Å². The molecule has 0 saturated heterocycles. The minimum Gasteiger partial charge on any atom is -0.462 e. The quantitative estimate of drug-likeness (QED) is 0.0261. The van der Waals surface area contributed by atoms with Crippen molar-refractivity contribution >= 4 is 17.9 Å². The molecule has 6 heteroatoms. The van der Waals surface area contributed by atoms with Gasteiger partial charge in [-0.05, 0) is 148 Å². The second-order valence-electron chi connectivity index (χ2n) is 20.9. The van der Waals surface area contributed by atoms with Crippen LogP contribution in [0.4, 0.5) is 0 Å². The Morgan fingerprint density at radius 2 is 0.487 bits per heavy atom. The van der Waals surface area contributed by atoms with Crippen LogP contribution in [0.2, 0.25) is 0 Å². The normalized spacial score (nSPS) is 13.2. The van der Waals surface area contributed by atoms with Crippen molar-refractivity contribution in [3.63, 3.8) is 0 Å². The summed E-state index contributed by atoms with van der Waals surface area (Å²) in [5, 5.41) is 0. The van der Waals surface area contributed by atoms with Crippen LogP contribution in [0.1, 0.15) is 271 Å². The predicted octanol–water partition coefficient (Wildman–Crippen LogP) is 22.5. The first kappa shape index (κ1) is 75.0. The Balaban J connectivity index is 4.39. The fourth-order valence-corrected chi connectivity index (χ4v) is 8.44. The van der Waals surface area contributed by atoms with Crippen molar-refractivity contribution in [1.82, 2.24) is 0 Å². The SMILES string of the molecule is CC/C=C\C/C=C\C/C=C\C/C=C\C/C=C\C/C=C\C/C=C\C/C=C\CCCCCCCCC(=O)OCC(COC(=O)CCCCCCC/C=C\C/C=C\C/C=C\CC)OC(=O)CCCCCCC/C=C\C/C=C\CCCCCC. The molecule has 0 saturated carbocycles. The van der Waals surface area contributed by atoms with Crippen LogP contribution in [0.15, 0.2) is 158 Å². The van der Waals surface area contributed by atoms with Gasteiger partial charge in [-0.1, -0.05) is 262 Å². The molecule has 0 N–H and O–H groups in total. The average molecular weight is 1100 g/mol. The lowest BCUT2D eigenvalue weighted by molar-refractivity contribution is -0.167. The van der Waals surface area contributed by atoms with Crippen molar-refractivity contribution < 1.29 is 28.6 Å². The number of rotatable bonds is 57. The summed E-state index contributed by atoms with van der Waals surface area (Å²) < 4.78 is 16.9. The van der Waals surface area contributed by atoms with Crippen LogP contribution in [0.5, 0.6) is 0 Å². The van der Waals surface area contributed by atoms with E-state index in [9.17, 15) is 14.4 Å². The third-order valence-electron chi connectivity index (χ3n) is 13.2. The summed E-state index contributed by atoms with van der Waals surface area (Å²) in [6.07, 6.45) is 96.7. The van der Waals surface area contributed by atoms with Crippen molar-refractivity contribution in [2.75, 3.05) is 13.2 Å². The van der Waals surface area contributed by atoms with Crippen molar-refractivity contribution in [3.05, 3.63) is 158 Å². The van der Waals surface area contributed by atoms with Crippen molar-refractivity contribution in [2.24, 2.45) is 0 Å². The Kier molecular flexibility index (Phi) is 62.4. The van der Waals surface area contributed by atoms with Gasteiger partial charge in [0.05, 0.1) is 0 Å². The molecular formula is C74H118O6. The van der Waals surface area contributed by atoms with Crippen LogP contribution < -0.4 is 0 Å². The Labute approximate surface area is 492 Å². The Morgan fingerprint density at radius 3 is 0.762 bits per heavy atom. The van der Waals surface area contributed by atoms with E-state index in [0.717, 1.165) is 186 Å². The van der Waals surface area contributed by atoms with Gasteiger partial charge >= 0.3 is 17.9 Å².